The van der Waals surface area contributed by atoms with Crippen molar-refractivity contribution in [3.8, 4) is 0 Å². The maximum absolute atomic E-state index is 5.98. The number of hydrogen-bond acceptors (Lipinski definition) is 3. The van der Waals surface area contributed by atoms with Crippen LogP contribution in [0.25, 0.3) is 0 Å². The van der Waals surface area contributed by atoms with Crippen LogP contribution < -0.4 is 10.6 Å². The zero-order valence-electron chi connectivity index (χ0n) is 8.92. The van der Waals surface area contributed by atoms with Gasteiger partial charge in [0.1, 0.15) is 0 Å². The molecule has 2 rings (SSSR count). The minimum Gasteiger partial charge on any atom is -0.317 e. The molecule has 1 saturated heterocycles. The van der Waals surface area contributed by atoms with Crippen molar-refractivity contribution in [3.05, 3.63) is 21.3 Å². The highest BCUT2D eigenvalue weighted by atomic mass is 35.5. The normalized spacial score (nSPS) is 20.4. The Morgan fingerprint density at radius 3 is 2.73 bits per heavy atom. The highest BCUT2D eigenvalue weighted by Crippen LogP contribution is 2.34. The summed E-state index contributed by atoms with van der Waals surface area (Å²) in [5.41, 5.74) is 0. The van der Waals surface area contributed by atoms with Gasteiger partial charge in [0.15, 0.2) is 0 Å². The molecule has 0 spiro atoms. The third kappa shape index (κ3) is 2.72. The van der Waals surface area contributed by atoms with Gasteiger partial charge in [-0.05, 0) is 51.0 Å². The zero-order chi connectivity index (χ0) is 10.7. The second kappa shape index (κ2) is 5.30. The van der Waals surface area contributed by atoms with Crippen LogP contribution in [0, 0.1) is 5.92 Å². The molecule has 84 valence electrons. The Bertz CT molecular complexity index is 307. The Balaban J connectivity index is 2.08. The van der Waals surface area contributed by atoms with E-state index in [2.05, 4.69) is 16.7 Å². The second-order valence-corrected chi connectivity index (χ2v) is 5.74. The second-order valence-electron chi connectivity index (χ2n) is 4.00. The molecule has 4 heteroatoms. The molecule has 1 aliphatic rings. The van der Waals surface area contributed by atoms with Crippen LogP contribution in [-0.2, 0) is 0 Å². The maximum atomic E-state index is 5.98. The van der Waals surface area contributed by atoms with E-state index in [1.807, 2.05) is 13.1 Å². The van der Waals surface area contributed by atoms with Crippen molar-refractivity contribution in [1.29, 1.82) is 0 Å². The van der Waals surface area contributed by atoms with Gasteiger partial charge in [0, 0.05) is 10.9 Å². The van der Waals surface area contributed by atoms with Crippen molar-refractivity contribution in [1.82, 2.24) is 10.6 Å². The van der Waals surface area contributed by atoms with Crippen molar-refractivity contribution < 1.29 is 0 Å². The van der Waals surface area contributed by atoms with Gasteiger partial charge in [0.25, 0.3) is 0 Å². The number of halogens is 1. The average Bonchev–Trinajstić information content (AvgIpc) is 2.68. The fourth-order valence-corrected chi connectivity index (χ4v) is 3.55. The summed E-state index contributed by atoms with van der Waals surface area (Å²) in [6, 6.07) is 4.62. The molecular formula is C11H17ClN2S. The molecule has 2 heterocycles. The lowest BCUT2D eigenvalue weighted by atomic mass is 9.89. The minimum absolute atomic E-state index is 0.476. The van der Waals surface area contributed by atoms with E-state index in [0.717, 1.165) is 23.3 Å². The first-order chi connectivity index (χ1) is 7.31. The summed E-state index contributed by atoms with van der Waals surface area (Å²) in [4.78, 5) is 1.37. The van der Waals surface area contributed by atoms with E-state index in [0.29, 0.717) is 6.04 Å². The molecule has 0 bridgehead atoms. The van der Waals surface area contributed by atoms with Crippen LogP contribution in [0.3, 0.4) is 0 Å². The predicted molar refractivity (Wildman–Crippen MR) is 66.7 cm³/mol. The molecule has 1 fully saturated rings. The van der Waals surface area contributed by atoms with Gasteiger partial charge < -0.3 is 10.6 Å². The number of nitrogens with one attached hydrogen (secondary N) is 2. The summed E-state index contributed by atoms with van der Waals surface area (Å²) in [6.45, 7) is 2.28. The van der Waals surface area contributed by atoms with Gasteiger partial charge in [0.05, 0.1) is 4.34 Å². The highest BCUT2D eigenvalue weighted by Gasteiger charge is 2.24. The molecule has 0 aliphatic carbocycles. The lowest BCUT2D eigenvalue weighted by Gasteiger charge is -2.29. The molecule has 2 nitrogen and oxygen atoms in total. The first-order valence-electron chi connectivity index (χ1n) is 5.44. The molecule has 0 aromatic carbocycles. The summed E-state index contributed by atoms with van der Waals surface area (Å²) in [7, 11) is 2.04. The first-order valence-corrected chi connectivity index (χ1v) is 6.64. The van der Waals surface area contributed by atoms with Gasteiger partial charge in [-0.1, -0.05) is 11.6 Å². The van der Waals surface area contributed by atoms with Crippen molar-refractivity contribution in [3.63, 3.8) is 0 Å². The summed E-state index contributed by atoms with van der Waals surface area (Å²) in [5, 5.41) is 6.83. The molecule has 0 radical (unpaired) electrons. The molecule has 1 unspecified atom stereocenters. The van der Waals surface area contributed by atoms with E-state index in [-0.39, 0.29) is 0 Å². The van der Waals surface area contributed by atoms with Gasteiger partial charge in [-0.2, -0.15) is 0 Å². The smallest absolute Gasteiger partial charge is 0.0931 e. The fourth-order valence-electron chi connectivity index (χ4n) is 2.28. The van der Waals surface area contributed by atoms with E-state index in [1.54, 1.807) is 11.3 Å². The zero-order valence-corrected chi connectivity index (χ0v) is 10.5. The minimum atomic E-state index is 0.476. The van der Waals surface area contributed by atoms with E-state index in [4.69, 9.17) is 11.6 Å². The molecule has 15 heavy (non-hydrogen) atoms. The Morgan fingerprint density at radius 1 is 1.47 bits per heavy atom. The lowest BCUT2D eigenvalue weighted by Crippen LogP contribution is -2.34. The summed E-state index contributed by atoms with van der Waals surface area (Å²) in [5.74, 6) is 0.742. The molecule has 0 amide bonds. The van der Waals surface area contributed by atoms with E-state index in [9.17, 15) is 0 Å². The van der Waals surface area contributed by atoms with Crippen LogP contribution in [0.2, 0.25) is 4.34 Å². The van der Waals surface area contributed by atoms with Gasteiger partial charge in [0.2, 0.25) is 0 Å². The van der Waals surface area contributed by atoms with Gasteiger partial charge in [-0.15, -0.1) is 11.3 Å². The van der Waals surface area contributed by atoms with Gasteiger partial charge >= 0.3 is 0 Å². The Hall–Kier alpha value is -0.0900. The van der Waals surface area contributed by atoms with Crippen LogP contribution >= 0.6 is 22.9 Å². The van der Waals surface area contributed by atoms with Crippen molar-refractivity contribution in [2.75, 3.05) is 20.1 Å². The standard InChI is InChI=1S/C11H17ClN2S/c1-13-11(8-4-6-14-7-5-8)9-2-3-10(12)15-9/h2-3,8,11,13-14H,4-7H2,1H3. The molecule has 1 aromatic rings. The quantitative estimate of drug-likeness (QED) is 0.854. The molecule has 0 saturated carbocycles. The Labute approximate surface area is 100 Å². The average molecular weight is 245 g/mol. The monoisotopic (exact) mass is 244 g/mol. The van der Waals surface area contributed by atoms with Crippen LogP contribution in [0.5, 0.6) is 0 Å². The van der Waals surface area contributed by atoms with Crippen LogP contribution in [-0.4, -0.2) is 20.1 Å². The highest BCUT2D eigenvalue weighted by molar-refractivity contribution is 7.16. The number of rotatable bonds is 3. The van der Waals surface area contributed by atoms with Crippen molar-refractivity contribution in [2.24, 2.45) is 5.92 Å². The molecule has 2 N–H and O–H groups in total. The largest absolute Gasteiger partial charge is 0.317 e. The number of hydrogen-bond donors (Lipinski definition) is 2. The first kappa shape index (κ1) is 11.4. The van der Waals surface area contributed by atoms with Crippen molar-refractivity contribution >= 4 is 22.9 Å². The molecule has 1 aromatic heterocycles. The van der Waals surface area contributed by atoms with Crippen molar-refractivity contribution in [2.45, 2.75) is 18.9 Å². The predicted octanol–water partition coefficient (Wildman–Crippen LogP) is 2.66. The van der Waals surface area contributed by atoms with E-state index >= 15 is 0 Å². The molecule has 1 aliphatic heterocycles. The third-order valence-electron chi connectivity index (χ3n) is 3.07. The summed E-state index contributed by atoms with van der Waals surface area (Å²) in [6.07, 6.45) is 2.50. The lowest BCUT2D eigenvalue weighted by molar-refractivity contribution is 0.297. The van der Waals surface area contributed by atoms with Gasteiger partial charge in [-0.25, -0.2) is 0 Å². The number of piperidine rings is 1. The summed E-state index contributed by atoms with van der Waals surface area (Å²) < 4.78 is 0.888. The summed E-state index contributed by atoms with van der Waals surface area (Å²) >= 11 is 7.68. The van der Waals surface area contributed by atoms with Gasteiger partial charge in [-0.3, -0.25) is 0 Å². The SMILES string of the molecule is CNC(c1ccc(Cl)s1)C1CCNCC1. The van der Waals surface area contributed by atoms with Crippen LogP contribution in [0.1, 0.15) is 23.8 Å². The fraction of sp³-hybridized carbons (Fsp3) is 0.636. The van der Waals surface area contributed by atoms with Crippen LogP contribution in [0.15, 0.2) is 12.1 Å². The van der Waals surface area contributed by atoms with Crippen LogP contribution in [0.4, 0.5) is 0 Å². The Morgan fingerprint density at radius 2 is 2.20 bits per heavy atom. The third-order valence-corrected chi connectivity index (χ3v) is 4.38. The van der Waals surface area contributed by atoms with E-state index < -0.39 is 0 Å². The molecular weight excluding hydrogens is 228 g/mol. The maximum Gasteiger partial charge on any atom is 0.0931 e. The number of thiophene rings is 1. The Kier molecular flexibility index (Phi) is 4.03. The topological polar surface area (TPSA) is 24.1 Å². The van der Waals surface area contributed by atoms with E-state index in [1.165, 1.54) is 17.7 Å². The molecule has 1 atom stereocenters.